The number of nitrogens with one attached hydrogen (secondary N) is 2. The number of nitrogens with zero attached hydrogens (tertiary/aromatic N) is 2. The maximum absolute atomic E-state index is 12.5. The number of hydrogen-bond donors (Lipinski definition) is 2. The third-order valence-electron chi connectivity index (χ3n) is 4.18. The molecule has 1 amide bonds. The highest BCUT2D eigenvalue weighted by Crippen LogP contribution is 2.15. The molecule has 0 saturated heterocycles. The summed E-state index contributed by atoms with van der Waals surface area (Å²) in [6.07, 6.45) is 6.87. The molecule has 0 aliphatic carbocycles. The summed E-state index contributed by atoms with van der Waals surface area (Å²) in [5, 5.41) is 7.17. The molecule has 1 heterocycles. The maximum Gasteiger partial charge on any atom is 0.251 e. The van der Waals surface area contributed by atoms with Crippen molar-refractivity contribution in [3.8, 4) is 23.8 Å². The van der Waals surface area contributed by atoms with Gasteiger partial charge in [0.1, 0.15) is 5.75 Å². The molecule has 0 radical (unpaired) electrons. The van der Waals surface area contributed by atoms with E-state index in [-0.39, 0.29) is 23.5 Å². The molecule has 2 aromatic carbocycles. The van der Waals surface area contributed by atoms with Gasteiger partial charge < -0.3 is 10.1 Å². The highest BCUT2D eigenvalue weighted by molar-refractivity contribution is 7.89. The van der Waals surface area contributed by atoms with Crippen LogP contribution in [0.2, 0.25) is 0 Å². The Balaban J connectivity index is 1.65. The summed E-state index contributed by atoms with van der Waals surface area (Å²) in [4.78, 5) is 12.4. The van der Waals surface area contributed by atoms with Crippen molar-refractivity contribution >= 4 is 15.9 Å². The van der Waals surface area contributed by atoms with Gasteiger partial charge in [0.15, 0.2) is 0 Å². The quantitative estimate of drug-likeness (QED) is 0.536. The normalized spacial score (nSPS) is 10.9. The van der Waals surface area contributed by atoms with E-state index >= 15 is 0 Å². The summed E-state index contributed by atoms with van der Waals surface area (Å²) >= 11 is 0. The fourth-order valence-corrected chi connectivity index (χ4v) is 3.61. The number of sulfonamides is 1. The maximum atomic E-state index is 12.5. The Labute approximate surface area is 174 Å². The molecule has 8 nitrogen and oxygen atoms in total. The lowest BCUT2D eigenvalue weighted by Gasteiger charge is -2.07. The average molecular weight is 424 g/mol. The van der Waals surface area contributed by atoms with Crippen molar-refractivity contribution in [2.75, 3.05) is 13.7 Å². The van der Waals surface area contributed by atoms with Gasteiger partial charge in [0, 0.05) is 11.8 Å². The molecule has 154 valence electrons. The van der Waals surface area contributed by atoms with Gasteiger partial charge in [-0.25, -0.2) is 13.1 Å². The number of terminal acetylenes is 1. The lowest BCUT2D eigenvalue weighted by Crippen LogP contribution is -2.26. The van der Waals surface area contributed by atoms with Crippen molar-refractivity contribution in [1.82, 2.24) is 19.8 Å². The monoisotopic (exact) mass is 424 g/mol. The van der Waals surface area contributed by atoms with E-state index in [0.29, 0.717) is 5.69 Å². The molecule has 0 spiro atoms. The molecule has 2 N–H and O–H groups in total. The van der Waals surface area contributed by atoms with E-state index in [9.17, 15) is 13.2 Å². The van der Waals surface area contributed by atoms with E-state index < -0.39 is 15.9 Å². The number of ether oxygens (including phenoxy) is 1. The Morgan fingerprint density at radius 1 is 1.20 bits per heavy atom. The number of amides is 1. The molecule has 3 rings (SSSR count). The van der Waals surface area contributed by atoms with Crippen LogP contribution in [-0.4, -0.2) is 37.8 Å². The SMILES string of the molecule is C#CCNS(=O)(=O)c1cccc(C(=O)NCc2ccn(-c3ccc(OC)cc3)n2)c1. The van der Waals surface area contributed by atoms with Crippen LogP contribution in [-0.2, 0) is 16.6 Å². The highest BCUT2D eigenvalue weighted by atomic mass is 32.2. The predicted molar refractivity (Wildman–Crippen MR) is 112 cm³/mol. The van der Waals surface area contributed by atoms with Crippen molar-refractivity contribution in [2.45, 2.75) is 11.4 Å². The van der Waals surface area contributed by atoms with E-state index in [4.69, 9.17) is 11.2 Å². The molecule has 0 atom stereocenters. The van der Waals surface area contributed by atoms with E-state index in [1.807, 2.05) is 24.3 Å². The first kappa shape index (κ1) is 21.1. The summed E-state index contributed by atoms with van der Waals surface area (Å²) in [5.74, 6) is 2.54. The number of carbonyl (C=O) groups is 1. The Morgan fingerprint density at radius 3 is 2.67 bits per heavy atom. The van der Waals surface area contributed by atoms with Crippen molar-refractivity contribution in [1.29, 1.82) is 0 Å². The van der Waals surface area contributed by atoms with Crippen molar-refractivity contribution < 1.29 is 17.9 Å². The third kappa shape index (κ3) is 5.05. The number of benzene rings is 2. The largest absolute Gasteiger partial charge is 0.497 e. The molecule has 1 aromatic heterocycles. The standard InChI is InChI=1S/C21H20N4O4S/c1-3-12-23-30(27,28)20-6-4-5-16(14-20)21(26)22-15-17-11-13-25(24-17)18-7-9-19(29-2)10-8-18/h1,4-11,13-14,23H,12,15H2,2H3,(H,22,26). The van der Waals surface area contributed by atoms with Gasteiger partial charge in [-0.3, -0.25) is 4.79 Å². The second-order valence-electron chi connectivity index (χ2n) is 6.19. The molecular weight excluding hydrogens is 404 g/mol. The second-order valence-corrected chi connectivity index (χ2v) is 7.96. The van der Waals surface area contributed by atoms with Gasteiger partial charge in [-0.2, -0.15) is 9.82 Å². The number of hydrogen-bond acceptors (Lipinski definition) is 5. The zero-order valence-corrected chi connectivity index (χ0v) is 17.0. The molecule has 30 heavy (non-hydrogen) atoms. The Kier molecular flexibility index (Phi) is 6.51. The lowest BCUT2D eigenvalue weighted by molar-refractivity contribution is 0.0950. The number of aromatic nitrogens is 2. The first-order valence-electron chi connectivity index (χ1n) is 8.93. The minimum atomic E-state index is -3.78. The summed E-state index contributed by atoms with van der Waals surface area (Å²) in [5.41, 5.74) is 1.72. The van der Waals surface area contributed by atoms with Crippen LogP contribution >= 0.6 is 0 Å². The molecule has 0 bridgehead atoms. The van der Waals surface area contributed by atoms with Crippen LogP contribution in [0.4, 0.5) is 0 Å². The van der Waals surface area contributed by atoms with Gasteiger partial charge in [-0.05, 0) is 48.5 Å². The topological polar surface area (TPSA) is 102 Å². The minimum Gasteiger partial charge on any atom is -0.497 e. The number of carbonyl (C=O) groups excluding carboxylic acids is 1. The Bertz CT molecular complexity index is 1180. The summed E-state index contributed by atoms with van der Waals surface area (Å²) in [6.45, 7) is 0.0594. The fraction of sp³-hybridized carbons (Fsp3) is 0.143. The molecule has 3 aromatic rings. The third-order valence-corrected chi connectivity index (χ3v) is 5.58. The van der Waals surface area contributed by atoms with Gasteiger partial charge in [0.2, 0.25) is 10.0 Å². The van der Waals surface area contributed by atoms with Crippen LogP contribution in [0, 0.1) is 12.3 Å². The first-order chi connectivity index (χ1) is 14.4. The van der Waals surface area contributed by atoms with Crippen LogP contribution in [0.1, 0.15) is 16.1 Å². The average Bonchev–Trinajstić information content (AvgIpc) is 3.25. The van der Waals surface area contributed by atoms with Crippen LogP contribution in [0.3, 0.4) is 0 Å². The van der Waals surface area contributed by atoms with E-state index in [1.165, 1.54) is 24.3 Å². The fourth-order valence-electron chi connectivity index (χ4n) is 2.63. The van der Waals surface area contributed by atoms with Gasteiger partial charge in [-0.15, -0.1) is 6.42 Å². The van der Waals surface area contributed by atoms with Crippen molar-refractivity contribution in [2.24, 2.45) is 0 Å². The van der Waals surface area contributed by atoms with E-state index in [0.717, 1.165) is 11.4 Å². The Morgan fingerprint density at radius 2 is 1.97 bits per heavy atom. The van der Waals surface area contributed by atoms with E-state index in [2.05, 4.69) is 21.1 Å². The lowest BCUT2D eigenvalue weighted by atomic mass is 10.2. The zero-order valence-electron chi connectivity index (χ0n) is 16.2. The molecular formula is C21H20N4O4S. The van der Waals surface area contributed by atoms with Crippen LogP contribution in [0.5, 0.6) is 5.75 Å². The minimum absolute atomic E-state index is 0.0332. The molecule has 0 saturated carbocycles. The van der Waals surface area contributed by atoms with Crippen LogP contribution in [0.25, 0.3) is 5.69 Å². The molecule has 0 aliphatic heterocycles. The molecule has 0 unspecified atom stereocenters. The van der Waals surface area contributed by atoms with Crippen molar-refractivity contribution in [3.63, 3.8) is 0 Å². The predicted octanol–water partition coefficient (Wildman–Crippen LogP) is 1.72. The van der Waals surface area contributed by atoms with Gasteiger partial charge in [0.25, 0.3) is 5.91 Å². The number of rotatable bonds is 8. The Hall–Kier alpha value is -3.61. The zero-order chi connectivity index (χ0) is 21.6. The van der Waals surface area contributed by atoms with Gasteiger partial charge in [-0.1, -0.05) is 12.0 Å². The first-order valence-corrected chi connectivity index (χ1v) is 10.4. The number of methoxy groups -OCH3 is 1. The smallest absolute Gasteiger partial charge is 0.251 e. The second kappa shape index (κ2) is 9.26. The molecule has 0 aliphatic rings. The highest BCUT2D eigenvalue weighted by Gasteiger charge is 2.15. The summed E-state index contributed by atoms with van der Waals surface area (Å²) in [6, 6.07) is 14.9. The van der Waals surface area contributed by atoms with Gasteiger partial charge >= 0.3 is 0 Å². The van der Waals surface area contributed by atoms with E-state index in [1.54, 1.807) is 24.1 Å². The van der Waals surface area contributed by atoms with Crippen molar-refractivity contribution in [3.05, 3.63) is 72.1 Å². The molecule has 0 fully saturated rings. The van der Waals surface area contributed by atoms with Crippen LogP contribution in [0.15, 0.2) is 65.7 Å². The van der Waals surface area contributed by atoms with Crippen LogP contribution < -0.4 is 14.8 Å². The summed E-state index contributed by atoms with van der Waals surface area (Å²) in [7, 11) is -2.18. The van der Waals surface area contributed by atoms with Gasteiger partial charge in [0.05, 0.1) is 36.5 Å². The summed E-state index contributed by atoms with van der Waals surface area (Å²) < 4.78 is 33.4. The molecule has 9 heteroatoms.